The summed E-state index contributed by atoms with van der Waals surface area (Å²) in [6, 6.07) is 7.04. The second-order valence-corrected chi connectivity index (χ2v) is 7.71. The molecule has 6 nitrogen and oxygen atoms in total. The number of aliphatic carboxylic acids is 1. The van der Waals surface area contributed by atoms with E-state index in [0.29, 0.717) is 36.8 Å². The van der Waals surface area contributed by atoms with Crippen LogP contribution in [0.25, 0.3) is 5.57 Å². The summed E-state index contributed by atoms with van der Waals surface area (Å²) in [5.74, 6) is 1.73. The lowest BCUT2D eigenvalue weighted by molar-refractivity contribution is -0.145. The first-order chi connectivity index (χ1) is 15.6. The quantitative estimate of drug-likeness (QED) is 0.440. The number of rotatable bonds is 11. The van der Waals surface area contributed by atoms with Gasteiger partial charge in [-0.15, -0.1) is 0 Å². The molecule has 1 aliphatic rings. The zero-order valence-electron chi connectivity index (χ0n) is 18.8. The van der Waals surface area contributed by atoms with E-state index in [1.165, 1.54) is 0 Å². The Balaban J connectivity index is 1.53. The van der Waals surface area contributed by atoms with Gasteiger partial charge < -0.3 is 19.0 Å². The second kappa shape index (κ2) is 11.9. The maximum Gasteiger partial charge on any atom is 0.344 e. The van der Waals surface area contributed by atoms with Gasteiger partial charge in [-0.3, -0.25) is 0 Å². The van der Waals surface area contributed by atoms with Gasteiger partial charge in [0.15, 0.2) is 6.10 Å². The number of benzene rings is 1. The van der Waals surface area contributed by atoms with E-state index in [1.54, 1.807) is 24.3 Å². The number of aromatic nitrogens is 1. The minimum atomic E-state index is -0.941. The Bertz CT molecular complexity index is 969. The van der Waals surface area contributed by atoms with Crippen LogP contribution in [-0.2, 0) is 11.2 Å². The number of hydrogen-bond acceptors (Lipinski definition) is 5. The summed E-state index contributed by atoms with van der Waals surface area (Å²) in [5, 5.41) is 9.30. The highest BCUT2D eigenvalue weighted by molar-refractivity contribution is 5.72. The molecule has 0 bridgehead atoms. The lowest BCUT2D eigenvalue weighted by Gasteiger charge is -2.15. The topological polar surface area (TPSA) is 81.8 Å². The Labute approximate surface area is 189 Å². The molecule has 1 aliphatic carbocycles. The summed E-state index contributed by atoms with van der Waals surface area (Å²) in [4.78, 5) is 16.0. The van der Waals surface area contributed by atoms with E-state index in [4.69, 9.17) is 13.9 Å². The first-order valence-electron chi connectivity index (χ1n) is 11.2. The van der Waals surface area contributed by atoms with E-state index in [1.807, 2.05) is 19.9 Å². The van der Waals surface area contributed by atoms with Crippen LogP contribution in [0.2, 0.25) is 0 Å². The fraction of sp³-hybridized carbons (Fsp3) is 0.385. The van der Waals surface area contributed by atoms with Crippen molar-refractivity contribution in [1.82, 2.24) is 4.98 Å². The summed E-state index contributed by atoms with van der Waals surface area (Å²) in [6.07, 6.45) is 14.2. The zero-order valence-corrected chi connectivity index (χ0v) is 18.8. The number of carbonyl (C=O) groups is 1. The summed E-state index contributed by atoms with van der Waals surface area (Å²) in [5.41, 5.74) is 1.94. The number of carboxylic acids is 1. The highest BCUT2D eigenvalue weighted by Crippen LogP contribution is 2.24. The summed E-state index contributed by atoms with van der Waals surface area (Å²) in [7, 11) is 0. The molecule has 1 N–H and O–H groups in total. The van der Waals surface area contributed by atoms with Crippen molar-refractivity contribution < 1.29 is 23.8 Å². The van der Waals surface area contributed by atoms with Crippen LogP contribution < -0.4 is 9.47 Å². The van der Waals surface area contributed by atoms with Crippen molar-refractivity contribution in [3.05, 3.63) is 72.0 Å². The molecule has 0 saturated carbocycles. The van der Waals surface area contributed by atoms with Crippen LogP contribution in [-0.4, -0.2) is 28.8 Å². The molecular formula is C26H31NO5. The van der Waals surface area contributed by atoms with Gasteiger partial charge in [0.25, 0.3) is 0 Å². The third-order valence-corrected chi connectivity index (χ3v) is 5.18. The molecule has 32 heavy (non-hydrogen) atoms. The highest BCUT2D eigenvalue weighted by atomic mass is 16.5. The second-order valence-electron chi connectivity index (χ2n) is 7.71. The first-order valence-corrected chi connectivity index (χ1v) is 11.2. The van der Waals surface area contributed by atoms with Gasteiger partial charge in [0, 0.05) is 12.0 Å². The van der Waals surface area contributed by atoms with E-state index in [-0.39, 0.29) is 0 Å². The van der Waals surface area contributed by atoms with Crippen LogP contribution >= 0.6 is 0 Å². The maximum absolute atomic E-state index is 11.3. The van der Waals surface area contributed by atoms with Gasteiger partial charge in [-0.2, -0.15) is 0 Å². The van der Waals surface area contributed by atoms with Crippen LogP contribution in [0.5, 0.6) is 11.5 Å². The van der Waals surface area contributed by atoms with Gasteiger partial charge in [0.2, 0.25) is 5.89 Å². The third-order valence-electron chi connectivity index (χ3n) is 5.18. The van der Waals surface area contributed by atoms with Crippen LogP contribution in [0.3, 0.4) is 0 Å². The SMILES string of the molecule is CCCCC(Oc1ccc(OCCc2nc(/C3=C/C=CC/C=C\C3)oc2C)cc1)C(=O)O. The van der Waals surface area contributed by atoms with Crippen LogP contribution in [0.15, 0.2) is 59.1 Å². The smallest absolute Gasteiger partial charge is 0.344 e. The summed E-state index contributed by atoms with van der Waals surface area (Å²) >= 11 is 0. The van der Waals surface area contributed by atoms with E-state index in [2.05, 4.69) is 29.3 Å². The number of hydrogen-bond donors (Lipinski definition) is 1. The summed E-state index contributed by atoms with van der Waals surface area (Å²) in [6.45, 7) is 4.40. The van der Waals surface area contributed by atoms with Gasteiger partial charge in [-0.05, 0) is 56.9 Å². The molecular weight excluding hydrogens is 406 g/mol. The predicted molar refractivity (Wildman–Crippen MR) is 124 cm³/mol. The predicted octanol–water partition coefficient (Wildman–Crippen LogP) is 5.92. The summed E-state index contributed by atoms with van der Waals surface area (Å²) < 4.78 is 17.3. The molecule has 1 aromatic carbocycles. The van der Waals surface area contributed by atoms with E-state index >= 15 is 0 Å². The van der Waals surface area contributed by atoms with Gasteiger partial charge in [-0.25, -0.2) is 9.78 Å². The highest BCUT2D eigenvalue weighted by Gasteiger charge is 2.18. The number of aryl methyl sites for hydroxylation is 1. The molecule has 0 saturated heterocycles. The molecule has 2 aromatic rings. The van der Waals surface area contributed by atoms with Crippen molar-refractivity contribution in [2.24, 2.45) is 0 Å². The largest absolute Gasteiger partial charge is 0.493 e. The molecule has 6 heteroatoms. The van der Waals surface area contributed by atoms with Crippen molar-refractivity contribution >= 4 is 11.5 Å². The normalized spacial score (nSPS) is 17.0. The fourth-order valence-electron chi connectivity index (χ4n) is 3.34. The molecule has 1 unspecified atom stereocenters. The maximum atomic E-state index is 11.3. The molecule has 0 amide bonds. The van der Waals surface area contributed by atoms with Crippen molar-refractivity contribution in [2.75, 3.05) is 6.61 Å². The average molecular weight is 438 g/mol. The third kappa shape index (κ3) is 6.87. The van der Waals surface area contributed by atoms with Gasteiger partial charge in [0.05, 0.1) is 12.3 Å². The van der Waals surface area contributed by atoms with Gasteiger partial charge in [-0.1, -0.05) is 43.7 Å². The molecule has 1 atom stereocenters. The molecule has 3 rings (SSSR count). The minimum Gasteiger partial charge on any atom is -0.493 e. The van der Waals surface area contributed by atoms with Crippen LogP contribution in [0, 0.1) is 6.92 Å². The molecule has 0 fully saturated rings. The van der Waals surface area contributed by atoms with Gasteiger partial charge >= 0.3 is 5.97 Å². The standard InChI is InChI=1S/C26H31NO5/c1-3-4-12-24(26(28)29)32-22-15-13-21(14-16-22)30-18-17-23-19(2)31-25(27-23)20-10-8-6-5-7-9-11-20/h6-10,13-16,24H,3-5,11-12,17-18H2,1-2H3,(H,28,29)/b8-6?,9-7-,20-10+. The molecule has 0 spiro atoms. The fourth-order valence-corrected chi connectivity index (χ4v) is 3.34. The van der Waals surface area contributed by atoms with E-state index in [0.717, 1.165) is 42.7 Å². The van der Waals surface area contributed by atoms with Crippen molar-refractivity contribution in [1.29, 1.82) is 0 Å². The van der Waals surface area contributed by atoms with Crippen LogP contribution in [0.4, 0.5) is 0 Å². The Morgan fingerprint density at radius 3 is 2.72 bits per heavy atom. The Hall–Kier alpha value is -3.28. The number of carboxylic acid groups (broad SMARTS) is 1. The number of unbranched alkanes of at least 4 members (excludes halogenated alkanes) is 1. The number of oxazole rings is 1. The molecule has 1 aromatic heterocycles. The first kappa shape index (κ1) is 23.4. The van der Waals surface area contributed by atoms with Crippen molar-refractivity contribution in [3.8, 4) is 11.5 Å². The van der Waals surface area contributed by atoms with Crippen LogP contribution in [0.1, 0.15) is 56.4 Å². The molecule has 0 radical (unpaired) electrons. The minimum absolute atomic E-state index is 0.458. The lowest BCUT2D eigenvalue weighted by Crippen LogP contribution is -2.26. The van der Waals surface area contributed by atoms with Crippen molar-refractivity contribution in [2.45, 2.75) is 58.5 Å². The monoisotopic (exact) mass is 437 g/mol. The zero-order chi connectivity index (χ0) is 22.8. The number of allylic oxidation sites excluding steroid dienone is 6. The molecule has 170 valence electrons. The van der Waals surface area contributed by atoms with E-state index < -0.39 is 12.1 Å². The molecule has 0 aliphatic heterocycles. The van der Waals surface area contributed by atoms with E-state index in [9.17, 15) is 9.90 Å². The van der Waals surface area contributed by atoms with Gasteiger partial charge in [0.1, 0.15) is 17.3 Å². The Morgan fingerprint density at radius 1 is 1.19 bits per heavy atom. The molecule has 1 heterocycles. The number of ether oxygens (including phenoxy) is 2. The number of nitrogens with zero attached hydrogens (tertiary/aromatic N) is 1. The Morgan fingerprint density at radius 2 is 1.97 bits per heavy atom. The lowest BCUT2D eigenvalue weighted by atomic mass is 10.1. The van der Waals surface area contributed by atoms with Crippen molar-refractivity contribution in [3.63, 3.8) is 0 Å². The Kier molecular flexibility index (Phi) is 8.72. The average Bonchev–Trinajstić information content (AvgIpc) is 3.12.